The fraction of sp³-hybridized carbons (Fsp3) is 1.00. The first-order valence-electron chi connectivity index (χ1n) is 8.32. The Morgan fingerprint density at radius 1 is 1.00 bits per heavy atom. The number of nitrogens with zero attached hydrogens (tertiary/aromatic N) is 2. The summed E-state index contributed by atoms with van der Waals surface area (Å²) >= 11 is 3.55. The molecule has 0 aromatic carbocycles. The third-order valence-corrected chi connectivity index (χ3v) is 5.46. The van der Waals surface area contributed by atoms with Crippen molar-refractivity contribution in [2.24, 2.45) is 5.92 Å². The standard InChI is InChI=1S/C16H31BrN2/c1-15(5-9-17)6-12-18-13-7-16(8-14-18)19-10-3-2-4-11-19/h15-16H,2-14H2,1H3. The summed E-state index contributed by atoms with van der Waals surface area (Å²) in [6.45, 7) is 9.12. The molecule has 2 aliphatic rings. The van der Waals surface area contributed by atoms with Gasteiger partial charge in [0.1, 0.15) is 0 Å². The second kappa shape index (κ2) is 8.63. The third-order valence-electron chi connectivity index (χ3n) is 5.00. The first-order valence-corrected chi connectivity index (χ1v) is 9.44. The average Bonchev–Trinajstić information content (AvgIpc) is 2.47. The van der Waals surface area contributed by atoms with Gasteiger partial charge in [-0.25, -0.2) is 0 Å². The van der Waals surface area contributed by atoms with Gasteiger partial charge in [-0.1, -0.05) is 29.3 Å². The van der Waals surface area contributed by atoms with Crippen LogP contribution in [0.2, 0.25) is 0 Å². The van der Waals surface area contributed by atoms with Crippen molar-refractivity contribution in [2.45, 2.75) is 57.9 Å². The van der Waals surface area contributed by atoms with E-state index in [1.807, 2.05) is 0 Å². The molecule has 0 radical (unpaired) electrons. The molecule has 0 spiro atoms. The van der Waals surface area contributed by atoms with Crippen molar-refractivity contribution in [3.05, 3.63) is 0 Å². The molecule has 1 atom stereocenters. The first kappa shape index (κ1) is 15.8. The number of likely N-dealkylation sites (tertiary alicyclic amines) is 2. The van der Waals surface area contributed by atoms with E-state index in [0.717, 1.165) is 17.3 Å². The van der Waals surface area contributed by atoms with E-state index in [-0.39, 0.29) is 0 Å². The monoisotopic (exact) mass is 330 g/mol. The molecule has 112 valence electrons. The molecule has 0 aliphatic carbocycles. The normalized spacial score (nSPS) is 25.6. The van der Waals surface area contributed by atoms with E-state index in [4.69, 9.17) is 0 Å². The Morgan fingerprint density at radius 2 is 1.68 bits per heavy atom. The molecular formula is C16H31BrN2. The van der Waals surface area contributed by atoms with Crippen LogP contribution in [0.15, 0.2) is 0 Å². The predicted octanol–water partition coefficient (Wildman–Crippen LogP) is 3.75. The largest absolute Gasteiger partial charge is 0.303 e. The number of hydrogen-bond acceptors (Lipinski definition) is 2. The lowest BCUT2D eigenvalue weighted by Gasteiger charge is -2.40. The minimum Gasteiger partial charge on any atom is -0.303 e. The summed E-state index contributed by atoms with van der Waals surface area (Å²) in [6, 6.07) is 0.900. The zero-order valence-electron chi connectivity index (χ0n) is 12.6. The highest BCUT2D eigenvalue weighted by Gasteiger charge is 2.25. The topological polar surface area (TPSA) is 6.48 Å². The minimum atomic E-state index is 0.874. The van der Waals surface area contributed by atoms with Crippen molar-refractivity contribution < 1.29 is 0 Å². The Kier molecular flexibility index (Phi) is 7.17. The van der Waals surface area contributed by atoms with E-state index in [1.54, 1.807) is 0 Å². The molecule has 0 N–H and O–H groups in total. The summed E-state index contributed by atoms with van der Waals surface area (Å²) in [5.41, 5.74) is 0. The maximum Gasteiger partial charge on any atom is 0.0120 e. The second-order valence-electron chi connectivity index (χ2n) is 6.54. The van der Waals surface area contributed by atoms with Gasteiger partial charge in [0.15, 0.2) is 0 Å². The summed E-state index contributed by atoms with van der Waals surface area (Å²) in [4.78, 5) is 5.47. The first-order chi connectivity index (χ1) is 9.29. The summed E-state index contributed by atoms with van der Waals surface area (Å²) in [7, 11) is 0. The maximum atomic E-state index is 3.55. The van der Waals surface area contributed by atoms with E-state index >= 15 is 0 Å². The van der Waals surface area contributed by atoms with Crippen LogP contribution in [0.1, 0.15) is 51.9 Å². The Balaban J connectivity index is 1.62. The van der Waals surface area contributed by atoms with Crippen LogP contribution in [0.4, 0.5) is 0 Å². The fourth-order valence-corrected chi connectivity index (χ4v) is 4.31. The van der Waals surface area contributed by atoms with Gasteiger partial charge < -0.3 is 9.80 Å². The van der Waals surface area contributed by atoms with E-state index in [9.17, 15) is 0 Å². The quantitative estimate of drug-likeness (QED) is 0.684. The number of hydrogen-bond donors (Lipinski definition) is 0. The van der Waals surface area contributed by atoms with Crippen molar-refractivity contribution in [3.8, 4) is 0 Å². The van der Waals surface area contributed by atoms with Gasteiger partial charge in [0.2, 0.25) is 0 Å². The summed E-state index contributed by atoms with van der Waals surface area (Å²) in [5.74, 6) is 0.874. The molecule has 1 unspecified atom stereocenters. The van der Waals surface area contributed by atoms with Crippen LogP contribution >= 0.6 is 15.9 Å². The van der Waals surface area contributed by atoms with E-state index in [0.29, 0.717) is 0 Å². The van der Waals surface area contributed by atoms with Crippen LogP contribution in [0.25, 0.3) is 0 Å². The van der Waals surface area contributed by atoms with Crippen molar-refractivity contribution in [2.75, 3.05) is 38.1 Å². The minimum absolute atomic E-state index is 0.874. The summed E-state index contributed by atoms with van der Waals surface area (Å²) < 4.78 is 0. The molecule has 2 heterocycles. The second-order valence-corrected chi connectivity index (χ2v) is 7.33. The van der Waals surface area contributed by atoms with Crippen molar-refractivity contribution >= 4 is 15.9 Å². The van der Waals surface area contributed by atoms with Gasteiger partial charge in [-0.05, 0) is 77.2 Å². The summed E-state index contributed by atoms with van der Waals surface area (Å²) in [5, 5.41) is 1.16. The molecule has 0 saturated carbocycles. The van der Waals surface area contributed by atoms with Gasteiger partial charge in [-0.2, -0.15) is 0 Å². The Bertz CT molecular complexity index is 233. The molecule has 0 aromatic heterocycles. The van der Waals surface area contributed by atoms with Crippen LogP contribution in [0.3, 0.4) is 0 Å². The molecule has 2 aliphatic heterocycles. The smallest absolute Gasteiger partial charge is 0.0120 e. The molecule has 0 amide bonds. The van der Waals surface area contributed by atoms with E-state index in [2.05, 4.69) is 32.7 Å². The van der Waals surface area contributed by atoms with Gasteiger partial charge in [0.05, 0.1) is 0 Å². The Morgan fingerprint density at radius 3 is 2.32 bits per heavy atom. The lowest BCUT2D eigenvalue weighted by atomic mass is 9.99. The van der Waals surface area contributed by atoms with Crippen molar-refractivity contribution in [3.63, 3.8) is 0 Å². The van der Waals surface area contributed by atoms with Crippen LogP contribution in [0.5, 0.6) is 0 Å². The van der Waals surface area contributed by atoms with Crippen molar-refractivity contribution in [1.82, 2.24) is 9.80 Å². The third kappa shape index (κ3) is 5.35. The van der Waals surface area contributed by atoms with E-state index < -0.39 is 0 Å². The van der Waals surface area contributed by atoms with Crippen LogP contribution in [-0.2, 0) is 0 Å². The highest BCUT2D eigenvalue weighted by Crippen LogP contribution is 2.21. The highest BCUT2D eigenvalue weighted by atomic mass is 79.9. The maximum absolute atomic E-state index is 3.55. The van der Waals surface area contributed by atoms with Gasteiger partial charge in [-0.15, -0.1) is 0 Å². The predicted molar refractivity (Wildman–Crippen MR) is 87.1 cm³/mol. The lowest BCUT2D eigenvalue weighted by molar-refractivity contribution is 0.0902. The Hall–Kier alpha value is 0.400. The molecule has 2 nitrogen and oxygen atoms in total. The van der Waals surface area contributed by atoms with Crippen LogP contribution < -0.4 is 0 Å². The molecule has 19 heavy (non-hydrogen) atoms. The van der Waals surface area contributed by atoms with Gasteiger partial charge in [0, 0.05) is 11.4 Å². The number of piperidine rings is 2. The zero-order chi connectivity index (χ0) is 13.5. The molecule has 2 rings (SSSR count). The number of rotatable bonds is 6. The molecule has 3 heteroatoms. The molecule has 0 aromatic rings. The van der Waals surface area contributed by atoms with Crippen molar-refractivity contribution in [1.29, 1.82) is 0 Å². The zero-order valence-corrected chi connectivity index (χ0v) is 14.2. The molecular weight excluding hydrogens is 300 g/mol. The average molecular weight is 331 g/mol. The van der Waals surface area contributed by atoms with Crippen LogP contribution in [-0.4, -0.2) is 53.9 Å². The van der Waals surface area contributed by atoms with Crippen LogP contribution in [0, 0.1) is 5.92 Å². The van der Waals surface area contributed by atoms with Gasteiger partial charge in [-0.3, -0.25) is 0 Å². The lowest BCUT2D eigenvalue weighted by Crippen LogP contribution is -2.46. The summed E-state index contributed by atoms with van der Waals surface area (Å²) in [6.07, 6.45) is 9.85. The number of halogens is 1. The molecule has 0 bridgehead atoms. The highest BCUT2D eigenvalue weighted by molar-refractivity contribution is 9.09. The molecule has 2 fully saturated rings. The fourth-order valence-electron chi connectivity index (χ4n) is 3.53. The SMILES string of the molecule is CC(CCBr)CCN1CCC(N2CCCCC2)CC1. The Labute approximate surface area is 128 Å². The molecule has 2 saturated heterocycles. The van der Waals surface area contributed by atoms with E-state index in [1.165, 1.54) is 77.7 Å². The van der Waals surface area contributed by atoms with Gasteiger partial charge in [0.25, 0.3) is 0 Å². The van der Waals surface area contributed by atoms with Gasteiger partial charge >= 0.3 is 0 Å². The number of alkyl halides is 1.